The van der Waals surface area contributed by atoms with E-state index >= 15 is 0 Å². The first kappa shape index (κ1) is 13.1. The minimum Gasteiger partial charge on any atom is -0.439 e. The molecule has 0 radical (unpaired) electrons. The maximum Gasteiger partial charge on any atom is 0.219 e. The van der Waals surface area contributed by atoms with Crippen molar-refractivity contribution in [2.24, 2.45) is 0 Å². The number of aromatic nitrogens is 1. The molecule has 0 aliphatic rings. The molecule has 0 atom stereocenters. The summed E-state index contributed by atoms with van der Waals surface area (Å²) in [7, 11) is 0. The SMILES string of the molecule is Cc1cc(Oc2ccc(Cl)c(CCl)n2)ccc1F. The molecule has 0 saturated carbocycles. The van der Waals surface area contributed by atoms with Gasteiger partial charge >= 0.3 is 0 Å². The Bertz CT molecular complexity index is 575. The number of nitrogens with zero attached hydrogens (tertiary/aromatic N) is 1. The highest BCUT2D eigenvalue weighted by molar-refractivity contribution is 6.32. The number of hydrogen-bond donors (Lipinski definition) is 0. The Morgan fingerprint density at radius 2 is 2.06 bits per heavy atom. The van der Waals surface area contributed by atoms with Crippen LogP contribution >= 0.6 is 23.2 Å². The van der Waals surface area contributed by atoms with Gasteiger partial charge in [-0.1, -0.05) is 11.6 Å². The Hall–Kier alpha value is -1.32. The number of alkyl halides is 1. The first-order valence-electron chi connectivity index (χ1n) is 5.25. The molecule has 0 aliphatic heterocycles. The molecule has 0 saturated heterocycles. The molecule has 0 aliphatic carbocycles. The zero-order valence-corrected chi connectivity index (χ0v) is 11.1. The normalized spacial score (nSPS) is 10.4. The van der Waals surface area contributed by atoms with Crippen LogP contribution in [0.15, 0.2) is 30.3 Å². The molecular weight excluding hydrogens is 276 g/mol. The van der Waals surface area contributed by atoms with Crippen molar-refractivity contribution in [2.45, 2.75) is 12.8 Å². The lowest BCUT2D eigenvalue weighted by atomic mass is 10.2. The van der Waals surface area contributed by atoms with E-state index in [-0.39, 0.29) is 11.7 Å². The summed E-state index contributed by atoms with van der Waals surface area (Å²) in [6, 6.07) is 7.79. The average Bonchev–Trinajstić information content (AvgIpc) is 2.36. The fourth-order valence-corrected chi connectivity index (χ4v) is 1.86. The van der Waals surface area contributed by atoms with E-state index in [9.17, 15) is 4.39 Å². The van der Waals surface area contributed by atoms with Gasteiger partial charge in [-0.15, -0.1) is 11.6 Å². The summed E-state index contributed by atoms with van der Waals surface area (Å²) in [4.78, 5) is 4.16. The molecule has 0 bridgehead atoms. The molecule has 0 fully saturated rings. The van der Waals surface area contributed by atoms with Gasteiger partial charge in [-0.3, -0.25) is 0 Å². The third kappa shape index (κ3) is 2.92. The van der Waals surface area contributed by atoms with Gasteiger partial charge in [0.25, 0.3) is 0 Å². The topological polar surface area (TPSA) is 22.1 Å². The second-order valence-corrected chi connectivity index (χ2v) is 4.40. The summed E-state index contributed by atoms with van der Waals surface area (Å²) in [6.07, 6.45) is 0. The standard InChI is InChI=1S/C13H10Cl2FNO/c1-8-6-9(2-4-11(8)16)18-13-5-3-10(15)12(7-14)17-13/h2-6H,7H2,1H3. The maximum atomic E-state index is 13.1. The molecule has 18 heavy (non-hydrogen) atoms. The first-order valence-corrected chi connectivity index (χ1v) is 6.17. The second kappa shape index (κ2) is 5.55. The second-order valence-electron chi connectivity index (χ2n) is 3.72. The molecule has 1 heterocycles. The van der Waals surface area contributed by atoms with Crippen LogP contribution < -0.4 is 4.74 Å². The Kier molecular flexibility index (Phi) is 4.04. The number of pyridine rings is 1. The quantitative estimate of drug-likeness (QED) is 0.762. The highest BCUT2D eigenvalue weighted by Gasteiger charge is 2.06. The number of benzene rings is 1. The highest BCUT2D eigenvalue weighted by Crippen LogP contribution is 2.25. The van der Waals surface area contributed by atoms with E-state index in [2.05, 4.69) is 4.98 Å². The largest absolute Gasteiger partial charge is 0.439 e. The summed E-state index contributed by atoms with van der Waals surface area (Å²) in [5.41, 5.74) is 1.06. The van der Waals surface area contributed by atoms with Crippen molar-refractivity contribution in [3.05, 3.63) is 52.4 Å². The first-order chi connectivity index (χ1) is 8.60. The van der Waals surface area contributed by atoms with Gasteiger partial charge in [0.1, 0.15) is 11.6 Å². The van der Waals surface area contributed by atoms with Gasteiger partial charge in [-0.25, -0.2) is 9.37 Å². The number of ether oxygens (including phenoxy) is 1. The van der Waals surface area contributed by atoms with Crippen LogP contribution in [0, 0.1) is 12.7 Å². The van der Waals surface area contributed by atoms with E-state index in [1.165, 1.54) is 6.07 Å². The lowest BCUT2D eigenvalue weighted by Gasteiger charge is -2.07. The van der Waals surface area contributed by atoms with Crippen LogP contribution in [0.3, 0.4) is 0 Å². The summed E-state index contributed by atoms with van der Waals surface area (Å²) in [5, 5.41) is 0.493. The molecule has 2 nitrogen and oxygen atoms in total. The smallest absolute Gasteiger partial charge is 0.219 e. The third-order valence-electron chi connectivity index (χ3n) is 2.37. The van der Waals surface area contributed by atoms with E-state index in [0.29, 0.717) is 27.9 Å². The summed E-state index contributed by atoms with van der Waals surface area (Å²) in [6.45, 7) is 1.67. The Balaban J connectivity index is 2.25. The van der Waals surface area contributed by atoms with Crippen LogP contribution in [0.4, 0.5) is 4.39 Å². The minimum absolute atomic E-state index is 0.207. The number of rotatable bonds is 3. The monoisotopic (exact) mass is 285 g/mol. The zero-order valence-electron chi connectivity index (χ0n) is 9.58. The fourth-order valence-electron chi connectivity index (χ4n) is 1.42. The number of halogens is 3. The maximum absolute atomic E-state index is 13.1. The van der Waals surface area contributed by atoms with Crippen molar-refractivity contribution in [3.63, 3.8) is 0 Å². The molecule has 0 spiro atoms. The van der Waals surface area contributed by atoms with Crippen LogP contribution in [-0.4, -0.2) is 4.98 Å². The van der Waals surface area contributed by atoms with Crippen molar-refractivity contribution >= 4 is 23.2 Å². The van der Waals surface area contributed by atoms with E-state index in [4.69, 9.17) is 27.9 Å². The fraction of sp³-hybridized carbons (Fsp3) is 0.154. The lowest BCUT2D eigenvalue weighted by molar-refractivity contribution is 0.459. The van der Waals surface area contributed by atoms with E-state index in [1.54, 1.807) is 31.2 Å². The van der Waals surface area contributed by atoms with Gasteiger partial charge in [0.05, 0.1) is 16.6 Å². The molecule has 2 rings (SSSR count). The van der Waals surface area contributed by atoms with Crippen LogP contribution in [0.25, 0.3) is 0 Å². The van der Waals surface area contributed by atoms with Crippen LogP contribution in [0.5, 0.6) is 11.6 Å². The number of hydrogen-bond acceptors (Lipinski definition) is 2. The Labute approximate surface area is 114 Å². The number of aryl methyl sites for hydroxylation is 1. The molecule has 0 amide bonds. The van der Waals surface area contributed by atoms with Gasteiger partial charge in [0.15, 0.2) is 0 Å². The van der Waals surface area contributed by atoms with Crippen molar-refractivity contribution in [2.75, 3.05) is 0 Å². The van der Waals surface area contributed by atoms with Gasteiger partial charge in [0, 0.05) is 6.07 Å². The molecule has 94 valence electrons. The van der Waals surface area contributed by atoms with Gasteiger partial charge in [-0.2, -0.15) is 0 Å². The molecular formula is C13H10Cl2FNO. The average molecular weight is 286 g/mol. The predicted molar refractivity (Wildman–Crippen MR) is 70.0 cm³/mol. The van der Waals surface area contributed by atoms with Gasteiger partial charge in [0.2, 0.25) is 5.88 Å². The molecule has 1 aromatic carbocycles. The van der Waals surface area contributed by atoms with Crippen LogP contribution in [0.1, 0.15) is 11.3 Å². The third-order valence-corrected chi connectivity index (χ3v) is 2.97. The van der Waals surface area contributed by atoms with Crippen LogP contribution in [0.2, 0.25) is 5.02 Å². The predicted octanol–water partition coefficient (Wildman–Crippen LogP) is 4.71. The van der Waals surface area contributed by atoms with E-state index < -0.39 is 0 Å². The summed E-state index contributed by atoms with van der Waals surface area (Å²) < 4.78 is 18.6. The van der Waals surface area contributed by atoms with Crippen molar-refractivity contribution in [1.82, 2.24) is 4.98 Å². The zero-order chi connectivity index (χ0) is 13.1. The molecule has 2 aromatic rings. The van der Waals surface area contributed by atoms with Gasteiger partial charge < -0.3 is 4.74 Å². The summed E-state index contributed by atoms with van der Waals surface area (Å²) >= 11 is 11.6. The van der Waals surface area contributed by atoms with Crippen molar-refractivity contribution < 1.29 is 9.13 Å². The molecule has 1 aromatic heterocycles. The van der Waals surface area contributed by atoms with E-state index in [1.807, 2.05) is 0 Å². The Morgan fingerprint density at radius 3 is 2.72 bits per heavy atom. The van der Waals surface area contributed by atoms with Crippen LogP contribution in [-0.2, 0) is 5.88 Å². The van der Waals surface area contributed by atoms with Crippen molar-refractivity contribution in [3.8, 4) is 11.6 Å². The Morgan fingerprint density at radius 1 is 1.28 bits per heavy atom. The lowest BCUT2D eigenvalue weighted by Crippen LogP contribution is -1.93. The summed E-state index contributed by atoms with van der Waals surface area (Å²) in [5.74, 6) is 0.830. The minimum atomic E-state index is -0.270. The molecule has 0 unspecified atom stereocenters. The highest BCUT2D eigenvalue weighted by atomic mass is 35.5. The van der Waals surface area contributed by atoms with Crippen molar-refractivity contribution in [1.29, 1.82) is 0 Å². The van der Waals surface area contributed by atoms with E-state index in [0.717, 1.165) is 0 Å². The molecule has 5 heteroatoms. The molecule has 0 N–H and O–H groups in total. The van der Waals surface area contributed by atoms with Gasteiger partial charge in [-0.05, 0) is 36.8 Å².